The third-order valence-electron chi connectivity index (χ3n) is 5.21. The Bertz CT molecular complexity index is 786. The van der Waals surface area contributed by atoms with Crippen molar-refractivity contribution in [1.29, 1.82) is 5.26 Å². The summed E-state index contributed by atoms with van der Waals surface area (Å²) >= 11 is 0. The second-order valence-electron chi connectivity index (χ2n) is 6.54. The largest absolute Gasteiger partial charge is 0.425 e. The summed E-state index contributed by atoms with van der Waals surface area (Å²) in [5.74, 6) is 1.40. The molecule has 0 amide bonds. The lowest BCUT2D eigenvalue weighted by atomic mass is 9.90. The Morgan fingerprint density at radius 1 is 1.35 bits per heavy atom. The predicted molar refractivity (Wildman–Crippen MR) is 81.4 cm³/mol. The van der Waals surface area contributed by atoms with Crippen molar-refractivity contribution in [2.24, 2.45) is 5.41 Å². The Morgan fingerprint density at radius 3 is 2.74 bits per heavy atom. The third kappa shape index (κ3) is 2.37. The van der Waals surface area contributed by atoms with Crippen molar-refractivity contribution in [3.63, 3.8) is 0 Å². The fourth-order valence-corrected chi connectivity index (χ4v) is 3.73. The van der Waals surface area contributed by atoms with Gasteiger partial charge in [-0.1, -0.05) is 0 Å². The first-order valence-electron chi connectivity index (χ1n) is 7.86. The molecule has 2 aliphatic rings. The Hall–Kier alpha value is -2.42. The van der Waals surface area contributed by atoms with Crippen LogP contribution in [0.15, 0.2) is 22.6 Å². The molecule has 0 N–H and O–H groups in total. The van der Waals surface area contributed by atoms with E-state index in [1.54, 1.807) is 12.1 Å². The first kappa shape index (κ1) is 14.2. The van der Waals surface area contributed by atoms with Gasteiger partial charge in [0.25, 0.3) is 0 Å². The standard InChI is InChI=1S/C17H17FN4O/c1-11-20-21-16(23-11)13-9-17(13)4-6-22(7-5-17)15-3-2-12(10-19)8-14(15)18/h2-3,8,13H,4-7,9H2,1H3. The average molecular weight is 312 g/mol. The highest BCUT2D eigenvalue weighted by atomic mass is 19.1. The van der Waals surface area contributed by atoms with Crippen molar-refractivity contribution in [3.8, 4) is 6.07 Å². The molecule has 6 heteroatoms. The highest BCUT2D eigenvalue weighted by molar-refractivity contribution is 5.51. The van der Waals surface area contributed by atoms with E-state index in [0.717, 1.165) is 38.2 Å². The van der Waals surface area contributed by atoms with E-state index in [4.69, 9.17) is 9.68 Å². The minimum atomic E-state index is -0.320. The highest BCUT2D eigenvalue weighted by Gasteiger charge is 2.58. The second kappa shape index (κ2) is 5.05. The van der Waals surface area contributed by atoms with E-state index < -0.39 is 0 Å². The molecule has 1 saturated heterocycles. The van der Waals surface area contributed by atoms with E-state index in [2.05, 4.69) is 15.1 Å². The summed E-state index contributed by atoms with van der Waals surface area (Å²) in [6.07, 6.45) is 3.08. The van der Waals surface area contributed by atoms with Crippen LogP contribution >= 0.6 is 0 Å². The fraction of sp³-hybridized carbons (Fsp3) is 0.471. The van der Waals surface area contributed by atoms with Crippen molar-refractivity contribution < 1.29 is 8.81 Å². The number of aryl methyl sites for hydroxylation is 1. The molecule has 1 aromatic carbocycles. The summed E-state index contributed by atoms with van der Waals surface area (Å²) < 4.78 is 19.7. The quantitative estimate of drug-likeness (QED) is 0.852. The number of piperidine rings is 1. The summed E-state index contributed by atoms with van der Waals surface area (Å²) in [7, 11) is 0. The molecule has 118 valence electrons. The molecular formula is C17H17FN4O. The van der Waals surface area contributed by atoms with Crippen LogP contribution in [0.25, 0.3) is 0 Å². The SMILES string of the molecule is Cc1nnc(C2CC23CCN(c2ccc(C#N)cc2F)CC3)o1. The van der Waals surface area contributed by atoms with Crippen molar-refractivity contribution in [3.05, 3.63) is 41.4 Å². The van der Waals surface area contributed by atoms with Gasteiger partial charge >= 0.3 is 0 Å². The van der Waals surface area contributed by atoms with Crippen molar-refractivity contribution in [1.82, 2.24) is 10.2 Å². The molecule has 5 nitrogen and oxygen atoms in total. The smallest absolute Gasteiger partial charge is 0.220 e. The van der Waals surface area contributed by atoms with Crippen molar-refractivity contribution >= 4 is 5.69 Å². The number of anilines is 1. The number of nitrogens with zero attached hydrogens (tertiary/aromatic N) is 4. The molecule has 1 spiro atoms. The normalized spacial score (nSPS) is 22.1. The van der Waals surface area contributed by atoms with Crippen LogP contribution in [-0.4, -0.2) is 23.3 Å². The molecule has 0 radical (unpaired) electrons. The van der Waals surface area contributed by atoms with Gasteiger partial charge in [-0.05, 0) is 42.9 Å². The van der Waals surface area contributed by atoms with Gasteiger partial charge in [0.2, 0.25) is 11.8 Å². The van der Waals surface area contributed by atoms with Crippen LogP contribution in [0.1, 0.15) is 42.5 Å². The topological polar surface area (TPSA) is 66.0 Å². The molecule has 2 aromatic rings. The van der Waals surface area contributed by atoms with Gasteiger partial charge in [0.05, 0.1) is 17.3 Å². The van der Waals surface area contributed by atoms with Gasteiger partial charge in [0.1, 0.15) is 5.82 Å². The lowest BCUT2D eigenvalue weighted by molar-refractivity contribution is 0.348. The van der Waals surface area contributed by atoms with Gasteiger partial charge in [-0.25, -0.2) is 4.39 Å². The Balaban J connectivity index is 1.45. The lowest BCUT2D eigenvalue weighted by Crippen LogP contribution is -2.35. The van der Waals surface area contributed by atoms with E-state index in [9.17, 15) is 4.39 Å². The van der Waals surface area contributed by atoms with Crippen LogP contribution in [0.3, 0.4) is 0 Å². The van der Waals surface area contributed by atoms with Crippen LogP contribution in [0, 0.1) is 29.5 Å². The van der Waals surface area contributed by atoms with E-state index >= 15 is 0 Å². The Kier molecular flexibility index (Phi) is 3.12. The van der Waals surface area contributed by atoms with Gasteiger partial charge in [-0.15, -0.1) is 10.2 Å². The number of rotatable bonds is 2. The van der Waals surface area contributed by atoms with Gasteiger partial charge in [0.15, 0.2) is 0 Å². The number of halogens is 1. The number of hydrogen-bond acceptors (Lipinski definition) is 5. The maximum absolute atomic E-state index is 14.1. The molecule has 2 fully saturated rings. The fourth-order valence-electron chi connectivity index (χ4n) is 3.73. The van der Waals surface area contributed by atoms with Crippen LogP contribution in [-0.2, 0) is 0 Å². The van der Waals surface area contributed by atoms with Crippen LogP contribution in [0.2, 0.25) is 0 Å². The molecule has 1 saturated carbocycles. The second-order valence-corrected chi connectivity index (χ2v) is 6.54. The summed E-state index contributed by atoms with van der Waals surface area (Å²) in [5, 5.41) is 16.9. The van der Waals surface area contributed by atoms with Crippen LogP contribution in [0.4, 0.5) is 10.1 Å². The minimum absolute atomic E-state index is 0.249. The molecule has 1 aromatic heterocycles. The molecule has 1 aliphatic carbocycles. The summed E-state index contributed by atoms with van der Waals surface area (Å²) in [4.78, 5) is 2.07. The first-order chi connectivity index (χ1) is 11.1. The zero-order valence-corrected chi connectivity index (χ0v) is 12.9. The molecule has 1 atom stereocenters. The summed E-state index contributed by atoms with van der Waals surface area (Å²) in [5.41, 5.74) is 1.19. The zero-order valence-electron chi connectivity index (χ0n) is 12.9. The van der Waals surface area contributed by atoms with E-state index in [0.29, 0.717) is 23.1 Å². The Labute approximate surface area is 133 Å². The maximum Gasteiger partial charge on any atom is 0.220 e. The van der Waals surface area contributed by atoms with Crippen LogP contribution < -0.4 is 4.90 Å². The molecular weight excluding hydrogens is 295 g/mol. The molecule has 2 heterocycles. The van der Waals surface area contributed by atoms with Crippen molar-refractivity contribution in [2.75, 3.05) is 18.0 Å². The molecule has 1 aliphatic heterocycles. The monoisotopic (exact) mass is 312 g/mol. The number of hydrogen-bond donors (Lipinski definition) is 0. The molecule has 1 unspecified atom stereocenters. The lowest BCUT2D eigenvalue weighted by Gasteiger charge is -2.34. The summed E-state index contributed by atoms with van der Waals surface area (Å²) in [6, 6.07) is 6.65. The van der Waals surface area contributed by atoms with Gasteiger partial charge < -0.3 is 9.32 Å². The highest BCUT2D eigenvalue weighted by Crippen LogP contribution is 2.64. The summed E-state index contributed by atoms with van der Waals surface area (Å²) in [6.45, 7) is 3.43. The zero-order chi connectivity index (χ0) is 16.0. The predicted octanol–water partition coefficient (Wildman–Crippen LogP) is 3.16. The maximum atomic E-state index is 14.1. The first-order valence-corrected chi connectivity index (χ1v) is 7.86. The van der Waals surface area contributed by atoms with E-state index in [-0.39, 0.29) is 11.2 Å². The molecule has 0 bridgehead atoms. The average Bonchev–Trinajstić information content (AvgIpc) is 3.07. The van der Waals surface area contributed by atoms with Crippen molar-refractivity contribution in [2.45, 2.75) is 32.1 Å². The molecule has 23 heavy (non-hydrogen) atoms. The third-order valence-corrected chi connectivity index (χ3v) is 5.21. The number of benzene rings is 1. The van der Waals surface area contributed by atoms with Crippen LogP contribution in [0.5, 0.6) is 0 Å². The molecule has 4 rings (SSSR count). The van der Waals surface area contributed by atoms with Gasteiger partial charge in [-0.3, -0.25) is 0 Å². The van der Waals surface area contributed by atoms with E-state index in [1.165, 1.54) is 6.07 Å². The minimum Gasteiger partial charge on any atom is -0.425 e. The number of nitriles is 1. The van der Waals surface area contributed by atoms with Gasteiger partial charge in [-0.2, -0.15) is 5.26 Å². The van der Waals surface area contributed by atoms with E-state index in [1.807, 2.05) is 13.0 Å². The number of aromatic nitrogens is 2. The van der Waals surface area contributed by atoms with Gasteiger partial charge in [0, 0.05) is 25.9 Å². The Morgan fingerprint density at radius 2 is 2.13 bits per heavy atom.